The topological polar surface area (TPSA) is 64.0 Å². The van der Waals surface area contributed by atoms with Gasteiger partial charge in [-0.2, -0.15) is 0 Å². The second kappa shape index (κ2) is 3.80. The summed E-state index contributed by atoms with van der Waals surface area (Å²) in [7, 11) is 0. The van der Waals surface area contributed by atoms with Gasteiger partial charge in [0.05, 0.1) is 0 Å². The third kappa shape index (κ3) is 1.91. The second-order valence-electron chi connectivity index (χ2n) is 2.04. The molecule has 3 nitrogen and oxygen atoms in total. The molecule has 0 aliphatic heterocycles. The summed E-state index contributed by atoms with van der Waals surface area (Å²) in [6.45, 7) is 0. The van der Waals surface area contributed by atoms with Gasteiger partial charge >= 0.3 is 0 Å². The maximum Gasteiger partial charge on any atom is 0.129 e. The average Bonchev–Trinajstić information content (AvgIpc) is 2.04. The first-order valence-electron chi connectivity index (χ1n) is 3.05. The van der Waals surface area contributed by atoms with E-state index in [1.807, 2.05) is 0 Å². The first-order chi connectivity index (χ1) is 5.63. The maximum absolute atomic E-state index is 10.6. The summed E-state index contributed by atoms with van der Waals surface area (Å²) in [5.41, 5.74) is 0.229. The number of nitrogens with one attached hydrogen (secondary N) is 1. The van der Waals surface area contributed by atoms with Gasteiger partial charge in [-0.1, -0.05) is 29.8 Å². The van der Waals surface area contributed by atoms with Crippen LogP contribution in [0.1, 0.15) is 5.56 Å². The van der Waals surface area contributed by atoms with Gasteiger partial charge in [0.1, 0.15) is 5.17 Å². The van der Waals surface area contributed by atoms with Crippen molar-refractivity contribution < 1.29 is 8.76 Å². The predicted molar refractivity (Wildman–Crippen MR) is 46.3 cm³/mol. The lowest BCUT2D eigenvalue weighted by molar-refractivity contribution is 0.537. The van der Waals surface area contributed by atoms with Crippen LogP contribution in [-0.2, 0) is 11.1 Å². The smallest absolute Gasteiger partial charge is 0.129 e. The second-order valence-corrected chi connectivity index (χ2v) is 3.33. The van der Waals surface area contributed by atoms with E-state index < -0.39 is 11.1 Å². The Morgan fingerprint density at radius 2 is 2.08 bits per heavy atom. The lowest BCUT2D eigenvalue weighted by Crippen LogP contribution is -1.98. The Morgan fingerprint density at radius 1 is 1.50 bits per heavy atom. The van der Waals surface area contributed by atoms with Crippen LogP contribution in [0.5, 0.6) is 0 Å². The highest BCUT2D eigenvalue weighted by Gasteiger charge is 2.04. The number of benzene rings is 1. The molecule has 1 aromatic rings. The van der Waals surface area contributed by atoms with Gasteiger partial charge in [-0.15, -0.1) is 0 Å². The van der Waals surface area contributed by atoms with Gasteiger partial charge in [-0.3, -0.25) is 9.62 Å². The number of hydrogen-bond donors (Lipinski definition) is 1. The van der Waals surface area contributed by atoms with E-state index in [9.17, 15) is 8.76 Å². The van der Waals surface area contributed by atoms with Crippen LogP contribution in [-0.4, -0.2) is 13.9 Å². The third-order valence-corrected chi connectivity index (χ3v) is 2.22. The monoisotopic (exact) mass is 202 g/mol. The molecule has 12 heavy (non-hydrogen) atoms. The molecule has 64 valence electrons. The van der Waals surface area contributed by atoms with Crippen molar-refractivity contribution in [3.8, 4) is 0 Å². The van der Waals surface area contributed by atoms with Crippen LogP contribution in [0.4, 0.5) is 0 Å². The molecule has 0 aromatic heterocycles. The Morgan fingerprint density at radius 3 is 2.50 bits per heavy atom. The summed E-state index contributed by atoms with van der Waals surface area (Å²) in [4.78, 5) is 0.0532. The molecule has 1 atom stereocenters. The Balaban J connectivity index is 3.27. The minimum absolute atomic E-state index is 0.0532. The first-order valence-corrected chi connectivity index (χ1v) is 4.51. The van der Waals surface area contributed by atoms with Gasteiger partial charge < -0.3 is 4.55 Å². The number of hydrogen-bond acceptors (Lipinski definition) is 3. The fourth-order valence-corrected chi connectivity index (χ4v) is 1.55. The van der Waals surface area contributed by atoms with E-state index in [0.717, 1.165) is 0 Å². The molecule has 0 saturated carbocycles. The molecule has 0 heterocycles. The highest BCUT2D eigenvalue weighted by Crippen LogP contribution is 2.13. The zero-order valence-electron chi connectivity index (χ0n) is 5.91. The van der Waals surface area contributed by atoms with Crippen molar-refractivity contribution in [1.82, 2.24) is 0 Å². The molecule has 1 N–H and O–H groups in total. The van der Waals surface area contributed by atoms with Crippen LogP contribution < -0.4 is 0 Å². The Kier molecular flexibility index (Phi) is 2.97. The molecular weight excluding hydrogens is 198 g/mol. The van der Waals surface area contributed by atoms with Crippen LogP contribution in [0.3, 0.4) is 0 Å². The van der Waals surface area contributed by atoms with Gasteiger partial charge in [0.25, 0.3) is 0 Å². The molecule has 0 amide bonds. The molecule has 5 heteroatoms. The van der Waals surface area contributed by atoms with Gasteiger partial charge in [-0.05, 0) is 17.1 Å². The maximum atomic E-state index is 10.6. The SMILES string of the molecule is N=C(Cl)c1ccccc1S(=O)[O-]. The van der Waals surface area contributed by atoms with Gasteiger partial charge in [0.15, 0.2) is 0 Å². The molecule has 1 unspecified atom stereocenters. The van der Waals surface area contributed by atoms with Crippen molar-refractivity contribution in [3.05, 3.63) is 29.8 Å². The highest BCUT2D eigenvalue weighted by atomic mass is 35.5. The minimum Gasteiger partial charge on any atom is -0.768 e. The van der Waals surface area contributed by atoms with Gasteiger partial charge in [0, 0.05) is 10.5 Å². The van der Waals surface area contributed by atoms with E-state index in [2.05, 4.69) is 0 Å². The summed E-state index contributed by atoms with van der Waals surface area (Å²) in [6, 6.07) is 6.09. The van der Waals surface area contributed by atoms with Crippen molar-refractivity contribution in [2.24, 2.45) is 0 Å². The average molecular weight is 203 g/mol. The van der Waals surface area contributed by atoms with Crippen molar-refractivity contribution in [2.75, 3.05) is 0 Å². The molecular formula is C7H5ClNO2S-. The van der Waals surface area contributed by atoms with Crippen molar-refractivity contribution >= 4 is 27.9 Å². The third-order valence-electron chi connectivity index (χ3n) is 1.30. The van der Waals surface area contributed by atoms with E-state index in [0.29, 0.717) is 0 Å². The summed E-state index contributed by atoms with van der Waals surface area (Å²) >= 11 is 3.03. The summed E-state index contributed by atoms with van der Waals surface area (Å²) < 4.78 is 21.1. The summed E-state index contributed by atoms with van der Waals surface area (Å²) in [6.07, 6.45) is 0. The predicted octanol–water partition coefficient (Wildman–Crippen LogP) is 1.49. The molecule has 0 spiro atoms. The molecule has 0 fully saturated rings. The standard InChI is InChI=1S/C7H6ClNO2S/c8-7(9)5-3-1-2-4-6(5)12(10)11/h1-4,9H,(H,10,11)/p-1. The lowest BCUT2D eigenvalue weighted by Gasteiger charge is -2.08. The summed E-state index contributed by atoms with van der Waals surface area (Å²) in [5.74, 6) is 0. The molecule has 0 saturated heterocycles. The zero-order valence-corrected chi connectivity index (χ0v) is 7.48. The molecule has 0 bridgehead atoms. The minimum atomic E-state index is -2.34. The molecule has 0 aliphatic rings. The Labute approximate surface area is 77.2 Å². The van der Waals surface area contributed by atoms with Crippen LogP contribution in [0.15, 0.2) is 29.2 Å². The van der Waals surface area contributed by atoms with Crippen LogP contribution >= 0.6 is 11.6 Å². The van der Waals surface area contributed by atoms with Crippen molar-refractivity contribution in [3.63, 3.8) is 0 Å². The van der Waals surface area contributed by atoms with E-state index in [1.54, 1.807) is 12.1 Å². The van der Waals surface area contributed by atoms with Crippen molar-refractivity contribution in [2.45, 2.75) is 4.90 Å². The molecule has 0 aliphatic carbocycles. The van der Waals surface area contributed by atoms with E-state index in [-0.39, 0.29) is 15.6 Å². The number of rotatable bonds is 2. The largest absolute Gasteiger partial charge is 0.768 e. The lowest BCUT2D eigenvalue weighted by atomic mass is 10.2. The fraction of sp³-hybridized carbons (Fsp3) is 0. The van der Waals surface area contributed by atoms with E-state index in [4.69, 9.17) is 17.0 Å². The normalized spacial score (nSPS) is 12.5. The molecule has 0 radical (unpaired) electrons. The van der Waals surface area contributed by atoms with Gasteiger partial charge in [0.2, 0.25) is 0 Å². The molecule has 1 aromatic carbocycles. The molecule has 1 rings (SSSR count). The van der Waals surface area contributed by atoms with Crippen molar-refractivity contribution in [1.29, 1.82) is 5.41 Å². The first kappa shape index (κ1) is 9.38. The van der Waals surface area contributed by atoms with E-state index in [1.165, 1.54) is 12.1 Å². The summed E-state index contributed by atoms with van der Waals surface area (Å²) in [5, 5.41) is 6.79. The quantitative estimate of drug-likeness (QED) is 0.583. The van der Waals surface area contributed by atoms with Crippen LogP contribution in [0, 0.1) is 5.41 Å². The van der Waals surface area contributed by atoms with Gasteiger partial charge in [-0.25, -0.2) is 0 Å². The van der Waals surface area contributed by atoms with Crippen LogP contribution in [0.25, 0.3) is 0 Å². The fourth-order valence-electron chi connectivity index (χ4n) is 0.793. The Bertz CT molecular complexity index is 307. The van der Waals surface area contributed by atoms with Crippen LogP contribution in [0.2, 0.25) is 0 Å². The highest BCUT2D eigenvalue weighted by molar-refractivity contribution is 7.79. The number of halogens is 1. The Hall–Kier alpha value is -0.710. The zero-order chi connectivity index (χ0) is 9.14. The van der Waals surface area contributed by atoms with E-state index >= 15 is 0 Å².